The predicted molar refractivity (Wildman–Crippen MR) is 86.0 cm³/mol. The van der Waals surface area contributed by atoms with Gasteiger partial charge in [0.15, 0.2) is 0 Å². The third-order valence-electron chi connectivity index (χ3n) is 3.92. The summed E-state index contributed by atoms with van der Waals surface area (Å²) >= 11 is 5.94. The van der Waals surface area contributed by atoms with E-state index in [0.29, 0.717) is 16.7 Å². The third kappa shape index (κ3) is 2.66. The van der Waals surface area contributed by atoms with Gasteiger partial charge in [0.1, 0.15) is 0 Å². The Morgan fingerprint density at radius 3 is 2.41 bits per heavy atom. The van der Waals surface area contributed by atoms with E-state index < -0.39 is 4.92 Å². The molecule has 0 radical (unpaired) electrons. The maximum Gasteiger partial charge on any atom is 0.407 e. The summed E-state index contributed by atoms with van der Waals surface area (Å²) in [6.07, 6.45) is 3.25. The van der Waals surface area contributed by atoms with Crippen LogP contribution in [0.4, 0.5) is 11.6 Å². The molecule has 0 saturated carbocycles. The molecule has 6 nitrogen and oxygen atoms in total. The minimum absolute atomic E-state index is 0.0747. The van der Waals surface area contributed by atoms with Crippen LogP contribution >= 0.6 is 11.6 Å². The minimum atomic E-state index is -0.399. The number of nitro groups is 1. The van der Waals surface area contributed by atoms with Crippen molar-refractivity contribution in [1.29, 1.82) is 0 Å². The topological polar surface area (TPSA) is 64.2 Å². The van der Waals surface area contributed by atoms with Gasteiger partial charge in [-0.3, -0.25) is 4.57 Å². The summed E-state index contributed by atoms with van der Waals surface area (Å²) in [5.74, 6) is 1.11. The lowest BCUT2D eigenvalue weighted by Crippen LogP contribution is -2.31. The number of aryl methyl sites for hydroxylation is 1. The van der Waals surface area contributed by atoms with Crippen LogP contribution in [0, 0.1) is 17.0 Å². The fraction of sp³-hybridized carbons (Fsp3) is 0.400. The summed E-state index contributed by atoms with van der Waals surface area (Å²) in [6.45, 7) is 3.42. The first kappa shape index (κ1) is 14.8. The SMILES string of the molecule is Cc1nc([N+](=O)[O-])c(N2CCCCC2)n1-c1ccc(Cl)cc1. The van der Waals surface area contributed by atoms with Gasteiger partial charge in [0.2, 0.25) is 11.6 Å². The molecule has 0 unspecified atom stereocenters. The van der Waals surface area contributed by atoms with E-state index in [-0.39, 0.29) is 5.82 Å². The summed E-state index contributed by atoms with van der Waals surface area (Å²) < 4.78 is 1.85. The number of piperidine rings is 1. The van der Waals surface area contributed by atoms with Crippen molar-refractivity contribution in [3.8, 4) is 5.69 Å². The first-order chi connectivity index (χ1) is 10.6. The second-order valence-corrected chi connectivity index (χ2v) is 5.86. The number of nitrogens with zero attached hydrogens (tertiary/aromatic N) is 4. The molecule has 0 N–H and O–H groups in total. The first-order valence-corrected chi connectivity index (χ1v) is 7.70. The minimum Gasteiger partial charge on any atom is -0.358 e. The summed E-state index contributed by atoms with van der Waals surface area (Å²) in [5.41, 5.74) is 0.836. The quantitative estimate of drug-likeness (QED) is 0.638. The molecule has 116 valence electrons. The maximum atomic E-state index is 11.4. The molecule has 1 aromatic heterocycles. The highest BCUT2D eigenvalue weighted by molar-refractivity contribution is 6.30. The van der Waals surface area contributed by atoms with Crippen LogP contribution in [0.1, 0.15) is 25.1 Å². The van der Waals surface area contributed by atoms with E-state index in [0.717, 1.165) is 31.6 Å². The molecule has 2 heterocycles. The number of imidazole rings is 1. The van der Waals surface area contributed by atoms with Crippen LogP contribution < -0.4 is 4.90 Å². The average molecular weight is 321 g/mol. The van der Waals surface area contributed by atoms with E-state index in [1.165, 1.54) is 6.42 Å². The first-order valence-electron chi connectivity index (χ1n) is 7.32. The highest BCUT2D eigenvalue weighted by Gasteiger charge is 2.31. The molecule has 3 rings (SSSR count). The number of benzene rings is 1. The van der Waals surface area contributed by atoms with Crippen molar-refractivity contribution in [2.24, 2.45) is 0 Å². The van der Waals surface area contributed by atoms with Gasteiger partial charge in [-0.25, -0.2) is 0 Å². The summed E-state index contributed by atoms with van der Waals surface area (Å²) in [7, 11) is 0. The van der Waals surface area contributed by atoms with Gasteiger partial charge in [0, 0.05) is 25.0 Å². The van der Waals surface area contributed by atoms with Crippen molar-refractivity contribution in [1.82, 2.24) is 9.55 Å². The molecule has 0 spiro atoms. The van der Waals surface area contributed by atoms with Gasteiger partial charge in [-0.05, 0) is 53.4 Å². The Hall–Kier alpha value is -2.08. The lowest BCUT2D eigenvalue weighted by Gasteiger charge is -2.28. The normalized spacial score (nSPS) is 15.1. The van der Waals surface area contributed by atoms with Crippen molar-refractivity contribution in [2.75, 3.05) is 18.0 Å². The van der Waals surface area contributed by atoms with Gasteiger partial charge >= 0.3 is 5.82 Å². The lowest BCUT2D eigenvalue weighted by atomic mass is 10.1. The van der Waals surface area contributed by atoms with Crippen LogP contribution in [0.3, 0.4) is 0 Å². The number of hydrogen-bond acceptors (Lipinski definition) is 4. The molecule has 1 aliphatic heterocycles. The van der Waals surface area contributed by atoms with Gasteiger partial charge in [-0.1, -0.05) is 11.6 Å². The van der Waals surface area contributed by atoms with Gasteiger partial charge in [-0.2, -0.15) is 0 Å². The van der Waals surface area contributed by atoms with E-state index in [4.69, 9.17) is 11.6 Å². The molecule has 0 aliphatic carbocycles. The van der Waals surface area contributed by atoms with Crippen LogP contribution in [0.5, 0.6) is 0 Å². The van der Waals surface area contributed by atoms with E-state index >= 15 is 0 Å². The highest BCUT2D eigenvalue weighted by Crippen LogP contribution is 2.34. The fourth-order valence-electron chi connectivity index (χ4n) is 2.92. The molecule has 1 aromatic carbocycles. The Morgan fingerprint density at radius 1 is 1.18 bits per heavy atom. The number of rotatable bonds is 3. The molecule has 0 atom stereocenters. The Morgan fingerprint density at radius 2 is 1.82 bits per heavy atom. The van der Waals surface area contributed by atoms with Crippen LogP contribution in [-0.4, -0.2) is 27.6 Å². The van der Waals surface area contributed by atoms with Crippen molar-refractivity contribution in [3.05, 3.63) is 45.2 Å². The zero-order valence-corrected chi connectivity index (χ0v) is 13.1. The summed E-state index contributed by atoms with van der Waals surface area (Å²) in [4.78, 5) is 17.2. The number of anilines is 1. The number of hydrogen-bond donors (Lipinski definition) is 0. The Balaban J connectivity index is 2.15. The Kier molecular flexibility index (Phi) is 4.02. The summed E-state index contributed by atoms with van der Waals surface area (Å²) in [6, 6.07) is 7.27. The molecule has 0 amide bonds. The van der Waals surface area contributed by atoms with Crippen molar-refractivity contribution >= 4 is 23.2 Å². The summed E-state index contributed by atoms with van der Waals surface area (Å²) in [5, 5.41) is 12.0. The van der Waals surface area contributed by atoms with Crippen LogP contribution in [0.2, 0.25) is 5.02 Å². The molecule has 0 bridgehead atoms. The van der Waals surface area contributed by atoms with Crippen LogP contribution in [-0.2, 0) is 0 Å². The smallest absolute Gasteiger partial charge is 0.358 e. The van der Waals surface area contributed by atoms with E-state index in [2.05, 4.69) is 9.88 Å². The zero-order chi connectivity index (χ0) is 15.7. The van der Waals surface area contributed by atoms with E-state index in [1.54, 1.807) is 19.1 Å². The predicted octanol–water partition coefficient (Wildman–Crippen LogP) is 3.73. The highest BCUT2D eigenvalue weighted by atomic mass is 35.5. The monoisotopic (exact) mass is 320 g/mol. The number of aromatic nitrogens is 2. The van der Waals surface area contributed by atoms with Crippen molar-refractivity contribution in [2.45, 2.75) is 26.2 Å². The lowest BCUT2D eigenvalue weighted by molar-refractivity contribution is -0.388. The Bertz CT molecular complexity index is 690. The molecule has 1 saturated heterocycles. The maximum absolute atomic E-state index is 11.4. The molecule has 2 aromatic rings. The fourth-order valence-corrected chi connectivity index (χ4v) is 3.04. The Labute approximate surface area is 133 Å². The van der Waals surface area contributed by atoms with E-state index in [1.807, 2.05) is 16.7 Å². The van der Waals surface area contributed by atoms with E-state index in [9.17, 15) is 10.1 Å². The third-order valence-corrected chi connectivity index (χ3v) is 4.17. The van der Waals surface area contributed by atoms with Crippen molar-refractivity contribution < 1.29 is 4.92 Å². The average Bonchev–Trinajstić information content (AvgIpc) is 2.87. The van der Waals surface area contributed by atoms with Gasteiger partial charge < -0.3 is 15.0 Å². The molecular formula is C15H17ClN4O2. The van der Waals surface area contributed by atoms with Crippen molar-refractivity contribution in [3.63, 3.8) is 0 Å². The van der Waals surface area contributed by atoms with Gasteiger partial charge in [0.05, 0.1) is 5.69 Å². The van der Waals surface area contributed by atoms with Gasteiger partial charge in [0.25, 0.3) is 0 Å². The molecule has 22 heavy (non-hydrogen) atoms. The second-order valence-electron chi connectivity index (χ2n) is 5.42. The zero-order valence-electron chi connectivity index (χ0n) is 12.3. The second kappa shape index (κ2) is 5.96. The standard InChI is InChI=1S/C15H17ClN4O2/c1-11-17-14(20(21)22)15(18-9-3-2-4-10-18)19(11)13-7-5-12(16)6-8-13/h5-8H,2-4,9-10H2,1H3. The largest absolute Gasteiger partial charge is 0.407 e. The molecule has 1 aliphatic rings. The number of halogens is 1. The molecule has 1 fully saturated rings. The van der Waals surface area contributed by atoms with Crippen LogP contribution in [0.15, 0.2) is 24.3 Å². The molecular weight excluding hydrogens is 304 g/mol. The molecule has 7 heteroatoms. The van der Waals surface area contributed by atoms with Gasteiger partial charge in [-0.15, -0.1) is 0 Å². The van der Waals surface area contributed by atoms with Crippen LogP contribution in [0.25, 0.3) is 5.69 Å².